The number of nitrogens with two attached hydrogens (primary N) is 1. The van der Waals surface area contributed by atoms with Gasteiger partial charge in [-0.25, -0.2) is 0 Å². The Kier molecular flexibility index (Phi) is 2.80. The lowest BCUT2D eigenvalue weighted by Gasteiger charge is -2.33. The summed E-state index contributed by atoms with van der Waals surface area (Å²) in [4.78, 5) is 0. The van der Waals surface area contributed by atoms with Crippen LogP contribution in [0.2, 0.25) is 0 Å². The van der Waals surface area contributed by atoms with E-state index in [2.05, 4.69) is 10.2 Å². The molecule has 1 aliphatic rings. The van der Waals surface area contributed by atoms with Crippen LogP contribution in [0.25, 0.3) is 0 Å². The summed E-state index contributed by atoms with van der Waals surface area (Å²) >= 11 is 1.66. The number of rotatable bonds is 2. The van der Waals surface area contributed by atoms with E-state index in [-0.39, 0.29) is 5.41 Å². The van der Waals surface area contributed by atoms with Gasteiger partial charge >= 0.3 is 0 Å². The van der Waals surface area contributed by atoms with Gasteiger partial charge in [0.15, 0.2) is 0 Å². The Hall–Kier alpha value is -0.520. The van der Waals surface area contributed by atoms with Gasteiger partial charge in [0.05, 0.1) is 0 Å². The van der Waals surface area contributed by atoms with Crippen LogP contribution in [0.3, 0.4) is 0 Å². The summed E-state index contributed by atoms with van der Waals surface area (Å²) < 4.78 is 5.36. The minimum atomic E-state index is 0.0319. The molecule has 1 aliphatic heterocycles. The first kappa shape index (κ1) is 10.0. The van der Waals surface area contributed by atoms with Crippen LogP contribution in [-0.2, 0) is 10.2 Å². The first-order valence-electron chi connectivity index (χ1n) is 4.85. The zero-order valence-corrected chi connectivity index (χ0v) is 9.14. The van der Waals surface area contributed by atoms with Gasteiger partial charge in [-0.1, -0.05) is 0 Å². The van der Waals surface area contributed by atoms with Gasteiger partial charge in [0.2, 0.25) is 0 Å². The highest BCUT2D eigenvalue weighted by Gasteiger charge is 2.36. The molecule has 0 unspecified atom stereocenters. The maximum atomic E-state index is 5.86. The van der Waals surface area contributed by atoms with Crippen LogP contribution in [-0.4, -0.2) is 30.0 Å². The van der Waals surface area contributed by atoms with Gasteiger partial charge in [-0.3, -0.25) is 0 Å². The minimum absolute atomic E-state index is 0.0319. The highest BCUT2D eigenvalue weighted by molar-refractivity contribution is 7.11. The third-order valence-corrected chi connectivity index (χ3v) is 3.91. The fourth-order valence-electron chi connectivity index (χ4n) is 1.78. The predicted octanol–water partition coefficient (Wildman–Crippen LogP) is 0.853. The molecule has 0 spiro atoms. The Morgan fingerprint density at radius 2 is 2.14 bits per heavy atom. The van der Waals surface area contributed by atoms with Crippen molar-refractivity contribution in [1.82, 2.24) is 10.2 Å². The summed E-state index contributed by atoms with van der Waals surface area (Å²) in [5.41, 5.74) is 5.89. The molecule has 14 heavy (non-hydrogen) atoms. The van der Waals surface area contributed by atoms with Crippen LogP contribution in [0.4, 0.5) is 0 Å². The van der Waals surface area contributed by atoms with Crippen molar-refractivity contribution >= 4 is 11.3 Å². The van der Waals surface area contributed by atoms with Crippen molar-refractivity contribution in [3.8, 4) is 0 Å². The van der Waals surface area contributed by atoms with E-state index in [1.807, 2.05) is 6.92 Å². The normalized spacial score (nSPS) is 21.0. The molecule has 1 aromatic rings. The molecule has 0 aromatic carbocycles. The zero-order valence-electron chi connectivity index (χ0n) is 8.32. The van der Waals surface area contributed by atoms with Gasteiger partial charge in [0.25, 0.3) is 0 Å². The van der Waals surface area contributed by atoms with Crippen LogP contribution < -0.4 is 5.73 Å². The molecule has 1 aromatic heterocycles. The SMILES string of the molecule is Cc1nnc(C2(CN)CCOCC2)s1. The van der Waals surface area contributed by atoms with E-state index in [1.165, 1.54) is 0 Å². The second kappa shape index (κ2) is 3.92. The molecule has 0 atom stereocenters. The summed E-state index contributed by atoms with van der Waals surface area (Å²) in [6.07, 6.45) is 1.94. The quantitative estimate of drug-likeness (QED) is 0.791. The van der Waals surface area contributed by atoms with Crippen molar-refractivity contribution in [1.29, 1.82) is 0 Å². The summed E-state index contributed by atoms with van der Waals surface area (Å²) in [6, 6.07) is 0. The van der Waals surface area contributed by atoms with E-state index in [0.717, 1.165) is 36.1 Å². The largest absolute Gasteiger partial charge is 0.381 e. The fraction of sp³-hybridized carbons (Fsp3) is 0.778. The Morgan fingerprint density at radius 1 is 1.43 bits per heavy atom. The topological polar surface area (TPSA) is 61.0 Å². The first-order chi connectivity index (χ1) is 6.77. The van der Waals surface area contributed by atoms with Gasteiger partial charge in [0.1, 0.15) is 10.0 Å². The van der Waals surface area contributed by atoms with Crippen LogP contribution in [0.15, 0.2) is 0 Å². The van der Waals surface area contributed by atoms with E-state index in [4.69, 9.17) is 10.5 Å². The summed E-state index contributed by atoms with van der Waals surface area (Å²) in [7, 11) is 0. The molecular weight excluding hydrogens is 198 g/mol. The van der Waals surface area contributed by atoms with Crippen molar-refractivity contribution in [3.05, 3.63) is 10.0 Å². The number of aromatic nitrogens is 2. The third-order valence-electron chi connectivity index (χ3n) is 2.82. The van der Waals surface area contributed by atoms with Gasteiger partial charge in [-0.05, 0) is 19.8 Å². The summed E-state index contributed by atoms with van der Waals surface area (Å²) in [5, 5.41) is 10.4. The Labute approximate surface area is 87.5 Å². The van der Waals surface area contributed by atoms with Crippen LogP contribution in [0, 0.1) is 6.92 Å². The maximum Gasteiger partial charge on any atom is 0.125 e. The molecule has 0 amide bonds. The van der Waals surface area contributed by atoms with Crippen LogP contribution >= 0.6 is 11.3 Å². The molecule has 1 saturated heterocycles. The first-order valence-corrected chi connectivity index (χ1v) is 5.67. The van der Waals surface area contributed by atoms with Crippen molar-refractivity contribution in [2.45, 2.75) is 25.2 Å². The molecule has 78 valence electrons. The molecular formula is C9H15N3OS. The second-order valence-corrected chi connectivity index (χ2v) is 4.90. The number of ether oxygens (including phenoxy) is 1. The molecule has 0 radical (unpaired) electrons. The standard InChI is InChI=1S/C9H15N3OS/c1-7-11-12-8(14-7)9(6-10)2-4-13-5-3-9/h2-6,10H2,1H3. The minimum Gasteiger partial charge on any atom is -0.381 e. The molecule has 0 saturated carbocycles. The molecule has 5 heteroatoms. The smallest absolute Gasteiger partial charge is 0.125 e. The molecule has 1 fully saturated rings. The molecule has 0 bridgehead atoms. The van der Waals surface area contributed by atoms with E-state index in [0.29, 0.717) is 6.54 Å². The van der Waals surface area contributed by atoms with E-state index < -0.39 is 0 Å². The monoisotopic (exact) mass is 213 g/mol. The van der Waals surface area contributed by atoms with Crippen molar-refractivity contribution in [2.75, 3.05) is 19.8 Å². The van der Waals surface area contributed by atoms with E-state index in [1.54, 1.807) is 11.3 Å². The third kappa shape index (κ3) is 1.67. The summed E-state index contributed by atoms with van der Waals surface area (Å²) in [6.45, 7) is 4.20. The molecule has 0 aliphatic carbocycles. The van der Waals surface area contributed by atoms with Gasteiger partial charge in [-0.15, -0.1) is 21.5 Å². The highest BCUT2D eigenvalue weighted by Crippen LogP contribution is 2.35. The average molecular weight is 213 g/mol. The van der Waals surface area contributed by atoms with Gasteiger partial charge in [-0.2, -0.15) is 0 Å². The Balaban J connectivity index is 2.26. The number of hydrogen-bond acceptors (Lipinski definition) is 5. The molecule has 4 nitrogen and oxygen atoms in total. The number of hydrogen-bond donors (Lipinski definition) is 1. The van der Waals surface area contributed by atoms with Crippen molar-refractivity contribution < 1.29 is 4.74 Å². The van der Waals surface area contributed by atoms with Crippen molar-refractivity contribution in [3.63, 3.8) is 0 Å². The number of nitrogens with zero attached hydrogens (tertiary/aromatic N) is 2. The Morgan fingerprint density at radius 3 is 2.64 bits per heavy atom. The number of aryl methyl sites for hydroxylation is 1. The van der Waals surface area contributed by atoms with E-state index >= 15 is 0 Å². The fourth-order valence-corrected chi connectivity index (χ4v) is 2.73. The van der Waals surface area contributed by atoms with Crippen LogP contribution in [0.1, 0.15) is 22.9 Å². The summed E-state index contributed by atoms with van der Waals surface area (Å²) in [5.74, 6) is 0. The Bertz CT molecular complexity index is 307. The maximum absolute atomic E-state index is 5.86. The van der Waals surface area contributed by atoms with Gasteiger partial charge < -0.3 is 10.5 Å². The predicted molar refractivity (Wildman–Crippen MR) is 55.4 cm³/mol. The zero-order chi connectivity index (χ0) is 10.0. The second-order valence-electron chi connectivity index (χ2n) is 3.72. The molecule has 2 N–H and O–H groups in total. The lowest BCUT2D eigenvalue weighted by atomic mass is 9.81. The highest BCUT2D eigenvalue weighted by atomic mass is 32.1. The lowest BCUT2D eigenvalue weighted by Crippen LogP contribution is -2.40. The average Bonchev–Trinajstić information content (AvgIpc) is 2.66. The lowest BCUT2D eigenvalue weighted by molar-refractivity contribution is 0.0526. The van der Waals surface area contributed by atoms with Gasteiger partial charge in [0, 0.05) is 25.2 Å². The van der Waals surface area contributed by atoms with Crippen molar-refractivity contribution in [2.24, 2.45) is 5.73 Å². The molecule has 2 rings (SSSR count). The molecule has 2 heterocycles. The van der Waals surface area contributed by atoms with Crippen LogP contribution in [0.5, 0.6) is 0 Å². The van der Waals surface area contributed by atoms with E-state index in [9.17, 15) is 0 Å².